The zero-order chi connectivity index (χ0) is 25.4. The van der Waals surface area contributed by atoms with Crippen LogP contribution in [0, 0.1) is 0 Å². The van der Waals surface area contributed by atoms with Gasteiger partial charge in [-0.15, -0.1) is 11.8 Å². The number of carbonyl (C=O) groups excluding carboxylic acids is 1. The summed E-state index contributed by atoms with van der Waals surface area (Å²) in [6, 6.07) is 18.1. The minimum Gasteiger partial charge on any atom is -0.502 e. The molecule has 8 nitrogen and oxygen atoms in total. The van der Waals surface area contributed by atoms with Crippen molar-refractivity contribution in [2.75, 3.05) is 26.6 Å². The van der Waals surface area contributed by atoms with E-state index in [0.717, 1.165) is 22.3 Å². The van der Waals surface area contributed by atoms with Gasteiger partial charge in [0.2, 0.25) is 5.75 Å². The third kappa shape index (κ3) is 3.99. The summed E-state index contributed by atoms with van der Waals surface area (Å²) in [5.74, 6) is -0.916. The first-order chi connectivity index (χ1) is 17.4. The lowest BCUT2D eigenvalue weighted by Gasteiger charge is -2.28. The SMILES string of the molecule is COc1cc(C2SC[C@@H](C(=O)O)N2C(=O)OCC2c3ccccc3-c3ccccc32)cc(OC)c1O. The van der Waals surface area contributed by atoms with Crippen LogP contribution < -0.4 is 9.47 Å². The quantitative estimate of drug-likeness (QED) is 0.487. The van der Waals surface area contributed by atoms with Gasteiger partial charge >= 0.3 is 12.1 Å². The molecule has 2 atom stereocenters. The van der Waals surface area contributed by atoms with Crippen LogP contribution in [0.4, 0.5) is 4.79 Å². The maximum atomic E-state index is 13.4. The number of hydrogen-bond donors (Lipinski definition) is 2. The van der Waals surface area contributed by atoms with Gasteiger partial charge in [-0.1, -0.05) is 48.5 Å². The van der Waals surface area contributed by atoms with Crippen LogP contribution in [0.1, 0.15) is 28.0 Å². The van der Waals surface area contributed by atoms with Gasteiger partial charge in [-0.25, -0.2) is 9.59 Å². The molecule has 0 aromatic heterocycles. The van der Waals surface area contributed by atoms with E-state index in [9.17, 15) is 19.8 Å². The van der Waals surface area contributed by atoms with Gasteiger partial charge in [0.1, 0.15) is 18.0 Å². The predicted molar refractivity (Wildman–Crippen MR) is 135 cm³/mol. The molecule has 1 aliphatic heterocycles. The maximum absolute atomic E-state index is 13.4. The number of carboxylic acid groups (broad SMARTS) is 1. The average molecular weight is 508 g/mol. The van der Waals surface area contributed by atoms with Crippen molar-refractivity contribution in [2.45, 2.75) is 17.3 Å². The van der Waals surface area contributed by atoms with Gasteiger partial charge < -0.3 is 24.4 Å². The lowest BCUT2D eigenvalue weighted by molar-refractivity contribution is -0.141. The number of benzene rings is 3. The number of aromatic hydroxyl groups is 1. The van der Waals surface area contributed by atoms with E-state index < -0.39 is 23.5 Å². The number of carboxylic acids is 1. The summed E-state index contributed by atoms with van der Waals surface area (Å²) in [6.07, 6.45) is -0.717. The molecule has 3 aromatic carbocycles. The minimum absolute atomic E-state index is 0.0787. The highest BCUT2D eigenvalue weighted by molar-refractivity contribution is 7.99. The molecule has 3 aromatic rings. The van der Waals surface area contributed by atoms with Crippen LogP contribution in [0.5, 0.6) is 17.2 Å². The van der Waals surface area contributed by atoms with Crippen LogP contribution in [0.25, 0.3) is 11.1 Å². The van der Waals surface area contributed by atoms with Gasteiger partial charge in [0.25, 0.3) is 0 Å². The van der Waals surface area contributed by atoms with Gasteiger partial charge in [-0.3, -0.25) is 4.90 Å². The number of aliphatic carboxylic acids is 1. The van der Waals surface area contributed by atoms with Gasteiger partial charge in [0, 0.05) is 11.7 Å². The van der Waals surface area contributed by atoms with Crippen molar-refractivity contribution in [3.05, 3.63) is 77.4 Å². The molecule has 1 aliphatic carbocycles. The largest absolute Gasteiger partial charge is 0.502 e. The topological polar surface area (TPSA) is 106 Å². The van der Waals surface area contributed by atoms with Crippen LogP contribution in [-0.4, -0.2) is 59.8 Å². The number of amides is 1. The summed E-state index contributed by atoms with van der Waals surface area (Å²) in [4.78, 5) is 26.7. The number of phenolic OH excluding ortho intramolecular Hbond substituents is 1. The fraction of sp³-hybridized carbons (Fsp3) is 0.259. The molecular weight excluding hydrogens is 482 g/mol. The highest BCUT2D eigenvalue weighted by atomic mass is 32.2. The molecule has 2 N–H and O–H groups in total. The number of fused-ring (bicyclic) bond motifs is 3. The summed E-state index contributed by atoms with van der Waals surface area (Å²) < 4.78 is 16.3. The summed E-state index contributed by atoms with van der Waals surface area (Å²) >= 11 is 1.30. The Kier molecular flexibility index (Phi) is 6.40. The molecule has 1 fully saturated rings. The van der Waals surface area contributed by atoms with Gasteiger partial charge in [0.15, 0.2) is 11.5 Å². The van der Waals surface area contributed by atoms with Crippen molar-refractivity contribution in [3.8, 4) is 28.4 Å². The van der Waals surface area contributed by atoms with Crippen molar-refractivity contribution in [2.24, 2.45) is 0 Å². The maximum Gasteiger partial charge on any atom is 0.411 e. The van der Waals surface area contributed by atoms with Gasteiger partial charge in [-0.2, -0.15) is 0 Å². The molecule has 1 heterocycles. The number of hydrogen-bond acceptors (Lipinski definition) is 7. The van der Waals surface area contributed by atoms with Crippen LogP contribution in [0.15, 0.2) is 60.7 Å². The summed E-state index contributed by atoms with van der Waals surface area (Å²) in [7, 11) is 2.81. The van der Waals surface area contributed by atoms with E-state index in [-0.39, 0.29) is 35.5 Å². The lowest BCUT2D eigenvalue weighted by atomic mass is 9.98. The molecule has 1 amide bonds. The Morgan fingerprint density at radius 2 is 1.53 bits per heavy atom. The first kappa shape index (κ1) is 23.9. The Morgan fingerprint density at radius 1 is 0.972 bits per heavy atom. The monoisotopic (exact) mass is 507 g/mol. The summed E-state index contributed by atoms with van der Waals surface area (Å²) in [5.41, 5.74) is 4.91. The fourth-order valence-corrected chi connectivity index (χ4v) is 6.29. The van der Waals surface area contributed by atoms with E-state index in [4.69, 9.17) is 14.2 Å². The number of nitrogens with zero attached hydrogens (tertiary/aromatic N) is 1. The highest BCUT2D eigenvalue weighted by Gasteiger charge is 2.44. The van der Waals surface area contributed by atoms with E-state index in [1.807, 2.05) is 36.4 Å². The van der Waals surface area contributed by atoms with Crippen LogP contribution >= 0.6 is 11.8 Å². The number of ether oxygens (including phenoxy) is 3. The van der Waals surface area contributed by atoms with Gasteiger partial charge in [-0.05, 0) is 39.9 Å². The smallest absolute Gasteiger partial charge is 0.411 e. The molecule has 1 saturated heterocycles. The molecule has 5 rings (SSSR count). The van der Waals surface area contributed by atoms with E-state index in [1.54, 1.807) is 12.1 Å². The van der Waals surface area contributed by atoms with Crippen molar-refractivity contribution in [1.82, 2.24) is 4.90 Å². The van der Waals surface area contributed by atoms with Crippen molar-refractivity contribution >= 4 is 23.8 Å². The van der Waals surface area contributed by atoms with E-state index in [1.165, 1.54) is 30.9 Å². The molecule has 0 spiro atoms. The number of thioether (sulfide) groups is 1. The highest BCUT2D eigenvalue weighted by Crippen LogP contribution is 2.48. The second-order valence-electron chi connectivity index (χ2n) is 8.53. The number of carbonyl (C=O) groups is 2. The van der Waals surface area contributed by atoms with E-state index >= 15 is 0 Å². The molecule has 0 saturated carbocycles. The first-order valence-corrected chi connectivity index (χ1v) is 12.4. The van der Waals surface area contributed by atoms with Crippen molar-refractivity contribution < 1.29 is 34.0 Å². The van der Waals surface area contributed by atoms with Crippen LogP contribution in [-0.2, 0) is 9.53 Å². The molecule has 186 valence electrons. The summed E-state index contributed by atoms with van der Waals surface area (Å²) in [6.45, 7) is 0.0787. The third-order valence-corrected chi connectivity index (χ3v) is 7.94. The number of methoxy groups -OCH3 is 2. The first-order valence-electron chi connectivity index (χ1n) is 11.4. The Morgan fingerprint density at radius 3 is 2.06 bits per heavy atom. The third-order valence-electron chi connectivity index (χ3n) is 6.62. The molecule has 0 bridgehead atoms. The molecule has 36 heavy (non-hydrogen) atoms. The normalized spacial score (nSPS) is 18.4. The molecule has 9 heteroatoms. The zero-order valence-electron chi connectivity index (χ0n) is 19.7. The standard InChI is InChI=1S/C27H25NO7S/c1-33-22-11-15(12-23(34-2)24(22)29)25-28(21(14-36-25)26(30)31)27(32)35-13-20-18-9-5-3-7-16(18)17-8-4-6-10-19(17)20/h3-12,20-21,25,29H,13-14H2,1-2H3,(H,30,31)/t21-,25?/m0/s1. The van der Waals surface area contributed by atoms with Crippen molar-refractivity contribution in [1.29, 1.82) is 0 Å². The average Bonchev–Trinajstić information content (AvgIpc) is 3.48. The Balaban J connectivity index is 1.43. The van der Waals surface area contributed by atoms with Crippen LogP contribution in [0.2, 0.25) is 0 Å². The fourth-order valence-electron chi connectivity index (χ4n) is 4.90. The molecule has 2 aliphatic rings. The minimum atomic E-state index is -1.11. The molecule has 0 radical (unpaired) electrons. The van der Waals surface area contributed by atoms with E-state index in [2.05, 4.69) is 12.1 Å². The second kappa shape index (κ2) is 9.66. The predicted octanol–water partition coefficient (Wildman–Crippen LogP) is 4.86. The summed E-state index contributed by atoms with van der Waals surface area (Å²) in [5, 5.41) is 19.4. The zero-order valence-corrected chi connectivity index (χ0v) is 20.5. The molecular formula is C27H25NO7S. The van der Waals surface area contributed by atoms with Crippen molar-refractivity contribution in [3.63, 3.8) is 0 Å². The van der Waals surface area contributed by atoms with Crippen LogP contribution in [0.3, 0.4) is 0 Å². The lowest BCUT2D eigenvalue weighted by Crippen LogP contribution is -2.43. The van der Waals surface area contributed by atoms with E-state index in [0.29, 0.717) is 5.56 Å². The number of phenols is 1. The Labute approximate surface area is 212 Å². The molecule has 1 unspecified atom stereocenters. The Bertz CT molecular complexity index is 1260. The number of rotatable bonds is 6. The van der Waals surface area contributed by atoms with Gasteiger partial charge in [0.05, 0.1) is 14.2 Å². The second-order valence-corrected chi connectivity index (χ2v) is 9.64. The Hall–Kier alpha value is -3.85.